The van der Waals surface area contributed by atoms with Crippen molar-refractivity contribution in [2.24, 2.45) is 0 Å². The van der Waals surface area contributed by atoms with Crippen molar-refractivity contribution in [3.05, 3.63) is 61.9 Å². The van der Waals surface area contributed by atoms with Crippen LogP contribution in [0.2, 0.25) is 9.36 Å². The van der Waals surface area contributed by atoms with Gasteiger partial charge in [0.15, 0.2) is 0 Å². The first-order valence-electron chi connectivity index (χ1n) is 8.99. The Morgan fingerprint density at radius 3 is 2.28 bits per heavy atom. The van der Waals surface area contributed by atoms with Gasteiger partial charge in [-0.1, -0.05) is 29.3 Å². The van der Waals surface area contributed by atoms with Crippen LogP contribution in [-0.4, -0.2) is 52.8 Å². The lowest BCUT2D eigenvalue weighted by Gasteiger charge is -2.34. The van der Waals surface area contributed by atoms with Crippen molar-refractivity contribution in [3.8, 4) is 9.88 Å². The number of thiazole rings is 1. The molecule has 150 valence electrons. The molecule has 0 saturated carbocycles. The topological polar surface area (TPSA) is 53.5 Å². The molecule has 1 aliphatic heterocycles. The molecule has 4 rings (SSSR count). The highest BCUT2D eigenvalue weighted by Gasteiger charge is 2.28. The van der Waals surface area contributed by atoms with Gasteiger partial charge in [-0.2, -0.15) is 0 Å². The van der Waals surface area contributed by atoms with Crippen LogP contribution in [-0.2, 0) is 0 Å². The van der Waals surface area contributed by atoms with Crippen molar-refractivity contribution in [2.45, 2.75) is 6.92 Å². The van der Waals surface area contributed by atoms with E-state index in [2.05, 4.69) is 4.98 Å². The highest BCUT2D eigenvalue weighted by molar-refractivity contribution is 7.24. The third kappa shape index (κ3) is 4.33. The minimum Gasteiger partial charge on any atom is -0.335 e. The molecule has 3 aromatic rings. The predicted molar refractivity (Wildman–Crippen MR) is 118 cm³/mol. The molecule has 1 aromatic carbocycles. The average molecular weight is 466 g/mol. The van der Waals surface area contributed by atoms with Gasteiger partial charge < -0.3 is 9.80 Å². The standard InChI is InChI=1S/C20H17Cl2N3O2S2/c1-12-17(29-18(23-12)15-5-6-16(22)28-15)20(27)25-9-7-24(8-10-25)19(26)13-3-2-4-14(21)11-13/h2-6,11H,7-10H2,1H3. The molecule has 3 heterocycles. The third-order valence-electron chi connectivity index (χ3n) is 4.70. The molecule has 5 nitrogen and oxygen atoms in total. The summed E-state index contributed by atoms with van der Waals surface area (Å²) >= 11 is 14.8. The van der Waals surface area contributed by atoms with E-state index in [-0.39, 0.29) is 11.8 Å². The lowest BCUT2D eigenvalue weighted by Crippen LogP contribution is -2.50. The number of hydrogen-bond donors (Lipinski definition) is 0. The van der Waals surface area contributed by atoms with Gasteiger partial charge in [-0.05, 0) is 37.3 Å². The summed E-state index contributed by atoms with van der Waals surface area (Å²) < 4.78 is 0.696. The van der Waals surface area contributed by atoms with E-state index < -0.39 is 0 Å². The van der Waals surface area contributed by atoms with E-state index >= 15 is 0 Å². The second kappa shape index (κ2) is 8.44. The average Bonchev–Trinajstić information content (AvgIpc) is 3.32. The zero-order chi connectivity index (χ0) is 20.5. The molecule has 0 radical (unpaired) electrons. The SMILES string of the molecule is Cc1nc(-c2ccc(Cl)s2)sc1C(=O)N1CCN(C(=O)c2cccc(Cl)c2)CC1. The van der Waals surface area contributed by atoms with Crippen LogP contribution >= 0.6 is 45.9 Å². The number of aromatic nitrogens is 1. The number of piperazine rings is 1. The van der Waals surface area contributed by atoms with Crippen LogP contribution < -0.4 is 0 Å². The molecule has 29 heavy (non-hydrogen) atoms. The summed E-state index contributed by atoms with van der Waals surface area (Å²) in [5, 5.41) is 1.34. The minimum atomic E-state index is -0.0644. The van der Waals surface area contributed by atoms with Gasteiger partial charge in [-0.25, -0.2) is 4.98 Å². The lowest BCUT2D eigenvalue weighted by atomic mass is 10.2. The molecule has 1 aliphatic rings. The number of aryl methyl sites for hydroxylation is 1. The van der Waals surface area contributed by atoms with Crippen molar-refractivity contribution in [3.63, 3.8) is 0 Å². The molecule has 0 aliphatic carbocycles. The van der Waals surface area contributed by atoms with Crippen molar-refractivity contribution in [2.75, 3.05) is 26.2 Å². The maximum atomic E-state index is 13.0. The Morgan fingerprint density at radius 1 is 0.966 bits per heavy atom. The Labute approximate surface area is 186 Å². The molecule has 0 atom stereocenters. The van der Waals surface area contributed by atoms with Crippen LogP contribution in [0.4, 0.5) is 0 Å². The molecule has 0 bridgehead atoms. The van der Waals surface area contributed by atoms with Gasteiger partial charge >= 0.3 is 0 Å². The van der Waals surface area contributed by atoms with E-state index in [1.54, 1.807) is 34.1 Å². The van der Waals surface area contributed by atoms with Crippen LogP contribution in [0.25, 0.3) is 9.88 Å². The Morgan fingerprint density at radius 2 is 1.66 bits per heavy atom. The highest BCUT2D eigenvalue weighted by Crippen LogP contribution is 2.35. The summed E-state index contributed by atoms with van der Waals surface area (Å²) in [5.41, 5.74) is 1.28. The molecular formula is C20H17Cl2N3O2S2. The number of thiophene rings is 1. The Balaban J connectivity index is 1.43. The minimum absolute atomic E-state index is 0.0382. The number of halogens is 2. The summed E-state index contributed by atoms with van der Waals surface area (Å²) in [7, 11) is 0. The van der Waals surface area contributed by atoms with Gasteiger partial charge in [0, 0.05) is 36.8 Å². The fraction of sp³-hybridized carbons (Fsp3) is 0.250. The van der Waals surface area contributed by atoms with Gasteiger partial charge in [0.2, 0.25) is 0 Å². The number of hydrogen-bond acceptors (Lipinski definition) is 5. The monoisotopic (exact) mass is 465 g/mol. The number of rotatable bonds is 3. The quantitative estimate of drug-likeness (QED) is 0.541. The number of carbonyl (C=O) groups excluding carboxylic acids is 2. The van der Waals surface area contributed by atoms with E-state index in [0.29, 0.717) is 46.0 Å². The zero-order valence-electron chi connectivity index (χ0n) is 15.5. The highest BCUT2D eigenvalue weighted by atomic mass is 35.5. The molecule has 2 aromatic heterocycles. The first-order valence-corrected chi connectivity index (χ1v) is 11.4. The molecule has 0 unspecified atom stereocenters. The number of nitrogens with zero attached hydrogens (tertiary/aromatic N) is 3. The van der Waals surface area contributed by atoms with Gasteiger partial charge in [0.1, 0.15) is 9.88 Å². The number of carbonyl (C=O) groups is 2. The van der Waals surface area contributed by atoms with Crippen molar-refractivity contribution in [1.29, 1.82) is 0 Å². The van der Waals surface area contributed by atoms with E-state index in [9.17, 15) is 9.59 Å². The fourth-order valence-electron chi connectivity index (χ4n) is 3.19. The van der Waals surface area contributed by atoms with E-state index in [4.69, 9.17) is 23.2 Å². The number of benzene rings is 1. The van der Waals surface area contributed by atoms with E-state index in [1.165, 1.54) is 22.7 Å². The van der Waals surface area contributed by atoms with E-state index in [0.717, 1.165) is 15.6 Å². The van der Waals surface area contributed by atoms with Crippen LogP contribution in [0.15, 0.2) is 36.4 Å². The molecular weight excluding hydrogens is 449 g/mol. The van der Waals surface area contributed by atoms with Crippen molar-refractivity contribution in [1.82, 2.24) is 14.8 Å². The molecule has 1 fully saturated rings. The zero-order valence-corrected chi connectivity index (χ0v) is 18.7. The second-order valence-electron chi connectivity index (χ2n) is 6.63. The van der Waals surface area contributed by atoms with Gasteiger partial charge in [-0.15, -0.1) is 22.7 Å². The van der Waals surface area contributed by atoms with Crippen molar-refractivity contribution < 1.29 is 9.59 Å². The predicted octanol–water partition coefficient (Wildman–Crippen LogP) is 5.09. The van der Waals surface area contributed by atoms with E-state index in [1.807, 2.05) is 19.1 Å². The summed E-state index contributed by atoms with van der Waals surface area (Å²) in [6, 6.07) is 10.7. The van der Waals surface area contributed by atoms with Crippen LogP contribution in [0.1, 0.15) is 25.7 Å². The number of amides is 2. The molecule has 0 spiro atoms. The first kappa shape index (κ1) is 20.3. The first-order chi connectivity index (χ1) is 13.9. The van der Waals surface area contributed by atoms with Crippen LogP contribution in [0, 0.1) is 6.92 Å². The third-order valence-corrected chi connectivity index (χ3v) is 7.48. The van der Waals surface area contributed by atoms with Gasteiger partial charge in [0.25, 0.3) is 11.8 Å². The normalized spacial score (nSPS) is 14.3. The Bertz CT molecular complexity index is 1070. The summed E-state index contributed by atoms with van der Waals surface area (Å²) in [6.45, 7) is 3.80. The van der Waals surface area contributed by atoms with Gasteiger partial charge in [0.05, 0.1) is 14.9 Å². The maximum absolute atomic E-state index is 13.0. The second-order valence-corrected chi connectivity index (χ2v) is 9.78. The summed E-state index contributed by atoms with van der Waals surface area (Å²) in [5.74, 6) is -0.103. The maximum Gasteiger partial charge on any atom is 0.265 e. The van der Waals surface area contributed by atoms with Crippen LogP contribution in [0.3, 0.4) is 0 Å². The van der Waals surface area contributed by atoms with Gasteiger partial charge in [-0.3, -0.25) is 9.59 Å². The smallest absolute Gasteiger partial charge is 0.265 e. The molecule has 1 saturated heterocycles. The lowest BCUT2D eigenvalue weighted by molar-refractivity contribution is 0.0537. The Kier molecular flexibility index (Phi) is 5.92. The molecule has 0 N–H and O–H groups in total. The van der Waals surface area contributed by atoms with Crippen molar-refractivity contribution >= 4 is 57.7 Å². The molecule has 9 heteroatoms. The largest absolute Gasteiger partial charge is 0.335 e. The fourth-order valence-corrected chi connectivity index (χ4v) is 5.51. The molecule has 2 amide bonds. The van der Waals surface area contributed by atoms with Crippen LogP contribution in [0.5, 0.6) is 0 Å². The summed E-state index contributed by atoms with van der Waals surface area (Å²) in [4.78, 5) is 35.4. The Hall–Kier alpha value is -1.93. The summed E-state index contributed by atoms with van der Waals surface area (Å²) in [6.07, 6.45) is 0.